The molecular weight excluding hydrogens is 217 g/mol. The molecular formula is C14H20FNO. The van der Waals surface area contributed by atoms with E-state index in [2.05, 4.69) is 18.7 Å². The van der Waals surface area contributed by atoms with Gasteiger partial charge < -0.3 is 9.64 Å². The summed E-state index contributed by atoms with van der Waals surface area (Å²) >= 11 is 0. The largest absolute Gasteiger partial charge is 0.494 e. The molecule has 17 heavy (non-hydrogen) atoms. The fourth-order valence-electron chi connectivity index (χ4n) is 2.75. The standard InChI is InChI=1S/C14H20FNO/c1-10-6-4-7-11(2)16(10)12-8-5-9-13(17-3)14(12)15/h5,8-11H,4,6-7H2,1-3H3. The molecule has 94 valence electrons. The number of ether oxygens (including phenoxy) is 1. The van der Waals surface area contributed by atoms with Crippen molar-refractivity contribution in [2.75, 3.05) is 12.0 Å². The molecule has 1 fully saturated rings. The Morgan fingerprint density at radius 1 is 1.24 bits per heavy atom. The Kier molecular flexibility index (Phi) is 3.55. The lowest BCUT2D eigenvalue weighted by Gasteiger charge is -2.41. The topological polar surface area (TPSA) is 12.5 Å². The Morgan fingerprint density at radius 2 is 1.88 bits per heavy atom. The fraction of sp³-hybridized carbons (Fsp3) is 0.571. The van der Waals surface area contributed by atoms with E-state index in [1.807, 2.05) is 12.1 Å². The lowest BCUT2D eigenvalue weighted by Crippen LogP contribution is -2.44. The highest BCUT2D eigenvalue weighted by Crippen LogP contribution is 2.34. The van der Waals surface area contributed by atoms with Crippen molar-refractivity contribution in [2.24, 2.45) is 0 Å². The van der Waals surface area contributed by atoms with Crippen LogP contribution < -0.4 is 9.64 Å². The maximum absolute atomic E-state index is 14.2. The Bertz CT molecular complexity index is 384. The number of hydrogen-bond donors (Lipinski definition) is 0. The van der Waals surface area contributed by atoms with E-state index in [0.29, 0.717) is 23.5 Å². The number of piperidine rings is 1. The third-order valence-electron chi connectivity index (χ3n) is 3.63. The molecule has 0 N–H and O–H groups in total. The van der Waals surface area contributed by atoms with Crippen LogP contribution in [0.4, 0.5) is 10.1 Å². The van der Waals surface area contributed by atoms with Crippen LogP contribution in [0, 0.1) is 5.82 Å². The normalized spacial score (nSPS) is 24.8. The predicted octanol–water partition coefficient (Wildman–Crippen LogP) is 3.60. The van der Waals surface area contributed by atoms with Gasteiger partial charge in [0.25, 0.3) is 0 Å². The van der Waals surface area contributed by atoms with Gasteiger partial charge in [0, 0.05) is 12.1 Å². The van der Waals surface area contributed by atoms with E-state index in [1.54, 1.807) is 6.07 Å². The Morgan fingerprint density at radius 3 is 2.47 bits per heavy atom. The van der Waals surface area contributed by atoms with Crippen molar-refractivity contribution in [1.82, 2.24) is 0 Å². The van der Waals surface area contributed by atoms with Gasteiger partial charge in [-0.25, -0.2) is 4.39 Å². The highest BCUT2D eigenvalue weighted by atomic mass is 19.1. The van der Waals surface area contributed by atoms with Crippen LogP contribution in [0.1, 0.15) is 33.1 Å². The van der Waals surface area contributed by atoms with Crippen molar-refractivity contribution < 1.29 is 9.13 Å². The Balaban J connectivity index is 2.38. The molecule has 1 saturated heterocycles. The minimum absolute atomic E-state index is 0.240. The van der Waals surface area contributed by atoms with Crippen LogP contribution in [0.2, 0.25) is 0 Å². The molecule has 2 rings (SSSR count). The van der Waals surface area contributed by atoms with Gasteiger partial charge in [-0.15, -0.1) is 0 Å². The maximum atomic E-state index is 14.2. The first-order valence-corrected chi connectivity index (χ1v) is 6.26. The number of nitrogens with zero attached hydrogens (tertiary/aromatic N) is 1. The number of rotatable bonds is 2. The van der Waals surface area contributed by atoms with Crippen LogP contribution in [-0.2, 0) is 0 Å². The molecule has 2 atom stereocenters. The summed E-state index contributed by atoms with van der Waals surface area (Å²) in [6.45, 7) is 4.32. The molecule has 2 nitrogen and oxygen atoms in total. The Labute approximate surface area is 102 Å². The smallest absolute Gasteiger partial charge is 0.188 e. The molecule has 0 saturated carbocycles. The van der Waals surface area contributed by atoms with Gasteiger partial charge >= 0.3 is 0 Å². The van der Waals surface area contributed by atoms with E-state index >= 15 is 0 Å². The number of benzene rings is 1. The number of methoxy groups -OCH3 is 1. The molecule has 1 aromatic carbocycles. The average molecular weight is 237 g/mol. The predicted molar refractivity (Wildman–Crippen MR) is 68.2 cm³/mol. The second-order valence-electron chi connectivity index (χ2n) is 4.83. The number of anilines is 1. The summed E-state index contributed by atoms with van der Waals surface area (Å²) < 4.78 is 19.3. The monoisotopic (exact) mass is 237 g/mol. The lowest BCUT2D eigenvalue weighted by molar-refractivity contribution is 0.377. The summed E-state index contributed by atoms with van der Waals surface area (Å²) in [4.78, 5) is 2.18. The van der Waals surface area contributed by atoms with Crippen molar-refractivity contribution in [2.45, 2.75) is 45.2 Å². The summed E-state index contributed by atoms with van der Waals surface area (Å²) in [6, 6.07) is 6.14. The van der Waals surface area contributed by atoms with Gasteiger partial charge in [0.2, 0.25) is 0 Å². The molecule has 2 unspecified atom stereocenters. The molecule has 0 aromatic heterocycles. The third-order valence-corrected chi connectivity index (χ3v) is 3.63. The number of hydrogen-bond acceptors (Lipinski definition) is 2. The van der Waals surface area contributed by atoms with E-state index in [1.165, 1.54) is 13.5 Å². The first kappa shape index (κ1) is 12.2. The highest BCUT2D eigenvalue weighted by molar-refractivity contribution is 5.54. The van der Waals surface area contributed by atoms with Gasteiger partial charge in [-0.05, 0) is 45.2 Å². The second-order valence-corrected chi connectivity index (χ2v) is 4.83. The zero-order chi connectivity index (χ0) is 12.4. The number of halogens is 1. The van der Waals surface area contributed by atoms with Gasteiger partial charge in [0.15, 0.2) is 11.6 Å². The van der Waals surface area contributed by atoms with E-state index in [4.69, 9.17) is 4.74 Å². The van der Waals surface area contributed by atoms with E-state index < -0.39 is 0 Å². The van der Waals surface area contributed by atoms with Crippen molar-refractivity contribution in [3.05, 3.63) is 24.0 Å². The van der Waals surface area contributed by atoms with Gasteiger partial charge in [-0.1, -0.05) is 6.07 Å². The minimum Gasteiger partial charge on any atom is -0.494 e. The molecule has 0 spiro atoms. The molecule has 1 aliphatic heterocycles. The molecule has 0 aliphatic carbocycles. The molecule has 0 amide bonds. The molecule has 0 radical (unpaired) electrons. The second kappa shape index (κ2) is 4.94. The van der Waals surface area contributed by atoms with E-state index in [9.17, 15) is 4.39 Å². The van der Waals surface area contributed by atoms with Gasteiger partial charge in [-0.2, -0.15) is 0 Å². The SMILES string of the molecule is COc1cccc(N2C(C)CCCC2C)c1F. The Hall–Kier alpha value is -1.25. The molecule has 3 heteroatoms. The maximum Gasteiger partial charge on any atom is 0.188 e. The van der Waals surface area contributed by atoms with Crippen LogP contribution in [0.5, 0.6) is 5.75 Å². The highest BCUT2D eigenvalue weighted by Gasteiger charge is 2.27. The van der Waals surface area contributed by atoms with Crippen molar-refractivity contribution in [3.63, 3.8) is 0 Å². The molecule has 0 bridgehead atoms. The summed E-state index contributed by atoms with van der Waals surface area (Å²) in [5.41, 5.74) is 0.670. The quantitative estimate of drug-likeness (QED) is 0.779. The summed E-state index contributed by atoms with van der Waals surface area (Å²) in [7, 11) is 1.51. The first-order chi connectivity index (χ1) is 8.15. The lowest BCUT2D eigenvalue weighted by atomic mass is 9.96. The fourth-order valence-corrected chi connectivity index (χ4v) is 2.75. The minimum atomic E-state index is -0.240. The average Bonchev–Trinajstić information content (AvgIpc) is 2.31. The zero-order valence-electron chi connectivity index (χ0n) is 10.7. The molecule has 1 aliphatic rings. The van der Waals surface area contributed by atoms with Gasteiger partial charge in [0.1, 0.15) is 0 Å². The van der Waals surface area contributed by atoms with Crippen LogP contribution in [-0.4, -0.2) is 19.2 Å². The van der Waals surface area contributed by atoms with Crippen molar-refractivity contribution in [1.29, 1.82) is 0 Å². The first-order valence-electron chi connectivity index (χ1n) is 6.26. The summed E-state index contributed by atoms with van der Waals surface area (Å²) in [5.74, 6) is 0.0862. The van der Waals surface area contributed by atoms with Crippen LogP contribution in [0.25, 0.3) is 0 Å². The van der Waals surface area contributed by atoms with Gasteiger partial charge in [0.05, 0.1) is 12.8 Å². The van der Waals surface area contributed by atoms with Gasteiger partial charge in [-0.3, -0.25) is 0 Å². The third kappa shape index (κ3) is 2.24. The van der Waals surface area contributed by atoms with Crippen molar-refractivity contribution in [3.8, 4) is 5.75 Å². The molecule has 1 aromatic rings. The van der Waals surface area contributed by atoms with E-state index in [-0.39, 0.29) is 5.82 Å². The van der Waals surface area contributed by atoms with Crippen LogP contribution >= 0.6 is 0 Å². The summed E-state index contributed by atoms with van der Waals surface area (Å²) in [6.07, 6.45) is 3.48. The zero-order valence-corrected chi connectivity index (χ0v) is 10.7. The van der Waals surface area contributed by atoms with Crippen molar-refractivity contribution >= 4 is 5.69 Å². The summed E-state index contributed by atoms with van der Waals surface area (Å²) in [5, 5.41) is 0. The van der Waals surface area contributed by atoms with Crippen LogP contribution in [0.15, 0.2) is 18.2 Å². The van der Waals surface area contributed by atoms with E-state index in [0.717, 1.165) is 12.8 Å². The molecule has 1 heterocycles. The van der Waals surface area contributed by atoms with Crippen LogP contribution in [0.3, 0.4) is 0 Å².